The highest BCUT2D eigenvalue weighted by Gasteiger charge is 2.00. The Labute approximate surface area is 65.8 Å². The first-order valence-corrected chi connectivity index (χ1v) is 3.49. The quantitative estimate of drug-likeness (QED) is 0.436. The second-order valence-corrected chi connectivity index (χ2v) is 2.48. The molecule has 0 saturated heterocycles. The molecule has 0 aromatic heterocycles. The summed E-state index contributed by atoms with van der Waals surface area (Å²) in [5.41, 5.74) is 3.68. The topological polar surface area (TPSA) is 58.3 Å². The maximum Gasteiger partial charge on any atom is 0.115 e. The molecule has 1 rings (SSSR count). The Kier molecular flexibility index (Phi) is 2.46. The molecule has 1 aromatic rings. The fraction of sp³-hybridized carbons (Fsp3) is 0.250. The van der Waals surface area contributed by atoms with E-state index in [0.717, 1.165) is 5.56 Å². The first-order valence-electron chi connectivity index (χ1n) is 3.49. The number of hydrogen-bond donors (Lipinski definition) is 3. The number of phenols is 1. The van der Waals surface area contributed by atoms with Gasteiger partial charge in [-0.1, -0.05) is 12.1 Å². The molecular weight excluding hydrogens is 140 g/mol. The van der Waals surface area contributed by atoms with Crippen molar-refractivity contribution in [2.75, 3.05) is 0 Å². The molecule has 1 aromatic carbocycles. The highest BCUT2D eigenvalue weighted by Crippen LogP contribution is 2.14. The molecule has 0 unspecified atom stereocenters. The molecule has 0 heterocycles. The van der Waals surface area contributed by atoms with Crippen LogP contribution >= 0.6 is 0 Å². The molecule has 0 amide bonds. The molecule has 0 aliphatic heterocycles. The predicted molar refractivity (Wildman–Crippen MR) is 43.8 cm³/mol. The summed E-state index contributed by atoms with van der Waals surface area (Å²) in [5, 5.41) is 8.96. The first-order chi connectivity index (χ1) is 5.24. The number of hydrogen-bond acceptors (Lipinski definition) is 3. The van der Waals surface area contributed by atoms with E-state index < -0.39 is 0 Å². The van der Waals surface area contributed by atoms with E-state index in [2.05, 4.69) is 5.43 Å². The molecule has 0 radical (unpaired) electrons. The molecule has 1 atom stereocenters. The second-order valence-electron chi connectivity index (χ2n) is 2.48. The van der Waals surface area contributed by atoms with Gasteiger partial charge >= 0.3 is 0 Å². The zero-order valence-corrected chi connectivity index (χ0v) is 6.41. The van der Waals surface area contributed by atoms with Gasteiger partial charge in [0.15, 0.2) is 0 Å². The van der Waals surface area contributed by atoms with E-state index in [-0.39, 0.29) is 11.8 Å². The lowest BCUT2D eigenvalue weighted by Crippen LogP contribution is -2.25. The van der Waals surface area contributed by atoms with Gasteiger partial charge in [0.2, 0.25) is 0 Å². The van der Waals surface area contributed by atoms with Gasteiger partial charge in [-0.05, 0) is 24.6 Å². The average molecular weight is 152 g/mol. The third-order valence-corrected chi connectivity index (χ3v) is 1.64. The lowest BCUT2D eigenvalue weighted by Gasteiger charge is -2.09. The molecule has 0 bridgehead atoms. The molecule has 60 valence electrons. The standard InChI is InChI=1S/C8H12N2O/c1-6(10-9)7-2-4-8(11)5-3-7/h2-6,10-11H,9H2,1H3/t6-/m0/s1. The molecule has 0 aliphatic carbocycles. The maximum atomic E-state index is 8.96. The molecule has 0 spiro atoms. The smallest absolute Gasteiger partial charge is 0.115 e. The number of nitrogens with two attached hydrogens (primary N) is 1. The Bertz CT molecular complexity index is 220. The highest BCUT2D eigenvalue weighted by atomic mass is 16.3. The van der Waals surface area contributed by atoms with Gasteiger partial charge in [-0.2, -0.15) is 0 Å². The van der Waals surface area contributed by atoms with Crippen molar-refractivity contribution in [2.24, 2.45) is 5.84 Å². The number of hydrazine groups is 1. The Balaban J connectivity index is 2.81. The largest absolute Gasteiger partial charge is 0.508 e. The lowest BCUT2D eigenvalue weighted by molar-refractivity contribution is 0.474. The van der Waals surface area contributed by atoms with Crippen LogP contribution in [0.2, 0.25) is 0 Å². The van der Waals surface area contributed by atoms with Gasteiger partial charge in [-0.25, -0.2) is 0 Å². The van der Waals surface area contributed by atoms with E-state index in [0.29, 0.717) is 0 Å². The third-order valence-electron chi connectivity index (χ3n) is 1.64. The number of benzene rings is 1. The van der Waals surface area contributed by atoms with E-state index in [1.807, 2.05) is 19.1 Å². The van der Waals surface area contributed by atoms with Gasteiger partial charge in [0.05, 0.1) is 0 Å². The van der Waals surface area contributed by atoms with Gasteiger partial charge in [0, 0.05) is 6.04 Å². The molecule has 3 heteroatoms. The van der Waals surface area contributed by atoms with Crippen LogP contribution in [0, 0.1) is 0 Å². The summed E-state index contributed by atoms with van der Waals surface area (Å²) < 4.78 is 0. The van der Waals surface area contributed by atoms with Crippen LogP contribution in [-0.4, -0.2) is 5.11 Å². The van der Waals surface area contributed by atoms with E-state index >= 15 is 0 Å². The van der Waals surface area contributed by atoms with E-state index in [1.165, 1.54) is 0 Å². The predicted octanol–water partition coefficient (Wildman–Crippen LogP) is 0.917. The van der Waals surface area contributed by atoms with Crippen molar-refractivity contribution >= 4 is 0 Å². The number of aromatic hydroxyl groups is 1. The van der Waals surface area contributed by atoms with Crippen molar-refractivity contribution in [3.63, 3.8) is 0 Å². The monoisotopic (exact) mass is 152 g/mol. The van der Waals surface area contributed by atoms with E-state index in [4.69, 9.17) is 10.9 Å². The summed E-state index contributed by atoms with van der Waals surface area (Å²) in [6, 6.07) is 7.07. The fourth-order valence-electron chi connectivity index (χ4n) is 0.859. The second kappa shape index (κ2) is 3.37. The minimum absolute atomic E-state index is 0.121. The zero-order chi connectivity index (χ0) is 8.27. The average Bonchev–Trinajstić information content (AvgIpc) is 2.05. The number of phenolic OH excluding ortho intramolecular Hbond substituents is 1. The number of rotatable bonds is 2. The van der Waals surface area contributed by atoms with Crippen LogP contribution in [0.3, 0.4) is 0 Å². The molecule has 0 aliphatic rings. The van der Waals surface area contributed by atoms with Crippen molar-refractivity contribution in [2.45, 2.75) is 13.0 Å². The van der Waals surface area contributed by atoms with E-state index in [1.54, 1.807) is 12.1 Å². The van der Waals surface area contributed by atoms with E-state index in [9.17, 15) is 0 Å². The van der Waals surface area contributed by atoms with Gasteiger partial charge in [-0.3, -0.25) is 11.3 Å². The maximum absolute atomic E-state index is 8.96. The van der Waals surface area contributed by atoms with Crippen LogP contribution < -0.4 is 11.3 Å². The van der Waals surface area contributed by atoms with Crippen molar-refractivity contribution in [1.82, 2.24) is 5.43 Å². The van der Waals surface area contributed by atoms with Gasteiger partial charge in [0.1, 0.15) is 5.75 Å². The Hall–Kier alpha value is -1.06. The summed E-state index contributed by atoms with van der Waals surface area (Å²) in [4.78, 5) is 0. The van der Waals surface area contributed by atoms with Crippen LogP contribution in [-0.2, 0) is 0 Å². The minimum atomic E-state index is 0.121. The molecule has 3 nitrogen and oxygen atoms in total. The van der Waals surface area contributed by atoms with Crippen molar-refractivity contribution in [3.8, 4) is 5.75 Å². The number of nitrogens with one attached hydrogen (secondary N) is 1. The fourth-order valence-corrected chi connectivity index (χ4v) is 0.859. The van der Waals surface area contributed by atoms with Crippen LogP contribution in [0.4, 0.5) is 0 Å². The normalized spacial score (nSPS) is 12.9. The summed E-state index contributed by atoms with van der Waals surface area (Å²) in [5.74, 6) is 5.51. The Morgan fingerprint density at radius 3 is 2.36 bits per heavy atom. The Morgan fingerprint density at radius 1 is 1.36 bits per heavy atom. The molecule has 0 saturated carbocycles. The summed E-state index contributed by atoms with van der Waals surface area (Å²) in [6.45, 7) is 1.95. The summed E-state index contributed by atoms with van der Waals surface area (Å²) in [7, 11) is 0. The molecule has 11 heavy (non-hydrogen) atoms. The summed E-state index contributed by atoms with van der Waals surface area (Å²) >= 11 is 0. The lowest BCUT2D eigenvalue weighted by atomic mass is 10.1. The highest BCUT2D eigenvalue weighted by molar-refractivity contribution is 5.27. The SMILES string of the molecule is C[C@H](NN)c1ccc(O)cc1. The molecule has 4 N–H and O–H groups in total. The van der Waals surface area contributed by atoms with Crippen LogP contribution in [0.5, 0.6) is 5.75 Å². The van der Waals surface area contributed by atoms with Crippen LogP contribution in [0.25, 0.3) is 0 Å². The van der Waals surface area contributed by atoms with Crippen molar-refractivity contribution in [3.05, 3.63) is 29.8 Å². The Morgan fingerprint density at radius 2 is 1.91 bits per heavy atom. The van der Waals surface area contributed by atoms with Crippen LogP contribution in [0.15, 0.2) is 24.3 Å². The van der Waals surface area contributed by atoms with Gasteiger partial charge < -0.3 is 5.11 Å². The van der Waals surface area contributed by atoms with Crippen molar-refractivity contribution < 1.29 is 5.11 Å². The third kappa shape index (κ3) is 1.93. The van der Waals surface area contributed by atoms with Crippen molar-refractivity contribution in [1.29, 1.82) is 0 Å². The zero-order valence-electron chi connectivity index (χ0n) is 6.41. The summed E-state index contributed by atoms with van der Waals surface area (Å²) in [6.07, 6.45) is 0. The van der Waals surface area contributed by atoms with Gasteiger partial charge in [-0.15, -0.1) is 0 Å². The van der Waals surface area contributed by atoms with Crippen LogP contribution in [0.1, 0.15) is 18.5 Å². The first kappa shape index (κ1) is 8.04. The molecular formula is C8H12N2O. The molecule has 0 fully saturated rings. The van der Waals surface area contributed by atoms with Gasteiger partial charge in [0.25, 0.3) is 0 Å². The minimum Gasteiger partial charge on any atom is -0.508 e.